The zero-order valence-corrected chi connectivity index (χ0v) is 20.0. The van der Waals surface area contributed by atoms with Gasteiger partial charge in [0.15, 0.2) is 0 Å². The summed E-state index contributed by atoms with van der Waals surface area (Å²) >= 11 is 6.21. The molecule has 0 saturated carbocycles. The molecule has 2 heterocycles. The van der Waals surface area contributed by atoms with E-state index in [4.69, 9.17) is 20.9 Å². The molecule has 1 N–H and O–H groups in total. The highest BCUT2D eigenvalue weighted by molar-refractivity contribution is 6.34. The van der Waals surface area contributed by atoms with Crippen molar-refractivity contribution < 1.29 is 18.8 Å². The predicted molar refractivity (Wildman–Crippen MR) is 129 cm³/mol. The van der Waals surface area contributed by atoms with Crippen molar-refractivity contribution in [2.24, 2.45) is 5.92 Å². The Morgan fingerprint density at radius 1 is 1.24 bits per heavy atom. The zero-order valence-electron chi connectivity index (χ0n) is 19.2. The Hall–Kier alpha value is -3.23. The van der Waals surface area contributed by atoms with Gasteiger partial charge in [0.1, 0.15) is 0 Å². The summed E-state index contributed by atoms with van der Waals surface area (Å²) in [6, 6.07) is 12.7. The lowest BCUT2D eigenvalue weighted by molar-refractivity contribution is -0.121. The van der Waals surface area contributed by atoms with Gasteiger partial charge in [-0.1, -0.05) is 46.6 Å². The van der Waals surface area contributed by atoms with Crippen molar-refractivity contribution in [3.63, 3.8) is 0 Å². The molecule has 34 heavy (non-hydrogen) atoms. The Morgan fingerprint density at radius 2 is 2.03 bits per heavy atom. The second-order valence-electron chi connectivity index (χ2n) is 8.36. The number of ether oxygens (including phenoxy) is 1. The van der Waals surface area contributed by atoms with Gasteiger partial charge < -0.3 is 14.6 Å². The van der Waals surface area contributed by atoms with Gasteiger partial charge >= 0.3 is 5.97 Å². The summed E-state index contributed by atoms with van der Waals surface area (Å²) in [4.78, 5) is 31.5. The number of hydrogen-bond donors (Lipinski definition) is 1. The molecule has 4 rings (SSSR count). The number of nitrogens with zero attached hydrogens (tertiary/aromatic N) is 3. The Bertz CT molecular complexity index is 1160. The Labute approximate surface area is 203 Å². The van der Waals surface area contributed by atoms with E-state index in [1.165, 1.54) is 5.56 Å². The number of nitrogens with one attached hydrogen (secondary N) is 1. The largest absolute Gasteiger partial charge is 0.462 e. The summed E-state index contributed by atoms with van der Waals surface area (Å²) in [6.07, 6.45) is 1.68. The second-order valence-corrected chi connectivity index (χ2v) is 8.76. The summed E-state index contributed by atoms with van der Waals surface area (Å²) in [5.74, 6) is 0.328. The number of carbonyl (C=O) groups excluding carboxylic acids is 2. The number of likely N-dealkylation sites (tertiary alicyclic amines) is 1. The fourth-order valence-corrected chi connectivity index (χ4v) is 4.21. The fourth-order valence-electron chi connectivity index (χ4n) is 3.95. The highest BCUT2D eigenvalue weighted by atomic mass is 35.5. The number of aromatic nitrogens is 2. The van der Waals surface area contributed by atoms with Gasteiger partial charge in [0.25, 0.3) is 0 Å². The van der Waals surface area contributed by atoms with Crippen molar-refractivity contribution >= 4 is 29.2 Å². The summed E-state index contributed by atoms with van der Waals surface area (Å²) in [5.41, 5.74) is 2.89. The SMILES string of the molecule is CCOC(=O)c1ccc(NC(=O)C2CCCN(Cc3nc(-c4ccc(C)cc4)no3)C2)cc1Cl. The maximum atomic E-state index is 12.9. The van der Waals surface area contributed by atoms with Crippen LogP contribution in [0.25, 0.3) is 11.4 Å². The van der Waals surface area contributed by atoms with Crippen LogP contribution in [0.4, 0.5) is 5.69 Å². The van der Waals surface area contributed by atoms with Crippen LogP contribution in [0.5, 0.6) is 0 Å². The van der Waals surface area contributed by atoms with Crippen LogP contribution >= 0.6 is 11.6 Å². The van der Waals surface area contributed by atoms with Gasteiger partial charge in [-0.05, 0) is 51.4 Å². The first-order valence-corrected chi connectivity index (χ1v) is 11.7. The molecule has 1 fully saturated rings. The van der Waals surface area contributed by atoms with E-state index in [9.17, 15) is 9.59 Å². The number of piperidine rings is 1. The van der Waals surface area contributed by atoms with Gasteiger partial charge in [-0.3, -0.25) is 9.69 Å². The second kappa shape index (κ2) is 10.8. The molecule has 1 saturated heterocycles. The summed E-state index contributed by atoms with van der Waals surface area (Å²) in [5, 5.41) is 7.24. The van der Waals surface area contributed by atoms with E-state index in [0.29, 0.717) is 30.5 Å². The van der Waals surface area contributed by atoms with Crippen molar-refractivity contribution in [1.29, 1.82) is 0 Å². The number of esters is 1. The van der Waals surface area contributed by atoms with E-state index < -0.39 is 5.97 Å². The summed E-state index contributed by atoms with van der Waals surface area (Å²) in [7, 11) is 0. The molecule has 1 amide bonds. The van der Waals surface area contributed by atoms with Gasteiger partial charge in [-0.2, -0.15) is 4.98 Å². The average Bonchev–Trinajstić information content (AvgIpc) is 3.28. The molecule has 1 aliphatic rings. The maximum absolute atomic E-state index is 12.9. The maximum Gasteiger partial charge on any atom is 0.339 e. The fraction of sp³-hybridized carbons (Fsp3) is 0.360. The predicted octanol–water partition coefficient (Wildman–Crippen LogP) is 4.73. The van der Waals surface area contributed by atoms with E-state index in [2.05, 4.69) is 20.4 Å². The first-order chi connectivity index (χ1) is 16.4. The van der Waals surface area contributed by atoms with Crippen LogP contribution in [-0.4, -0.2) is 46.6 Å². The molecule has 3 aromatic rings. The zero-order chi connectivity index (χ0) is 24.1. The number of anilines is 1. The van der Waals surface area contributed by atoms with Crippen molar-refractivity contribution in [3.8, 4) is 11.4 Å². The number of rotatable bonds is 7. The molecule has 0 spiro atoms. The minimum atomic E-state index is -0.486. The molecular formula is C25H27ClN4O4. The molecule has 9 heteroatoms. The number of hydrogen-bond acceptors (Lipinski definition) is 7. The smallest absolute Gasteiger partial charge is 0.339 e. The highest BCUT2D eigenvalue weighted by Crippen LogP contribution is 2.25. The van der Waals surface area contributed by atoms with Crippen molar-refractivity contribution in [3.05, 3.63) is 64.5 Å². The van der Waals surface area contributed by atoms with E-state index in [-0.39, 0.29) is 29.0 Å². The monoisotopic (exact) mass is 482 g/mol. The Balaban J connectivity index is 1.35. The quantitative estimate of drug-likeness (QED) is 0.486. The third-order valence-corrected chi connectivity index (χ3v) is 6.06. The lowest BCUT2D eigenvalue weighted by Gasteiger charge is -2.30. The van der Waals surface area contributed by atoms with Gasteiger partial charge in [0.2, 0.25) is 17.6 Å². The molecule has 2 aromatic carbocycles. The minimum Gasteiger partial charge on any atom is -0.462 e. The lowest BCUT2D eigenvalue weighted by atomic mass is 9.97. The number of aryl methyl sites for hydroxylation is 1. The van der Waals surface area contributed by atoms with Crippen LogP contribution in [0.3, 0.4) is 0 Å². The van der Waals surface area contributed by atoms with Crippen LogP contribution in [0.2, 0.25) is 5.02 Å². The molecular weight excluding hydrogens is 456 g/mol. The van der Waals surface area contributed by atoms with Crippen LogP contribution in [0, 0.1) is 12.8 Å². The number of benzene rings is 2. The van der Waals surface area contributed by atoms with E-state index in [1.807, 2.05) is 31.2 Å². The number of amides is 1. The van der Waals surface area contributed by atoms with Crippen molar-refractivity contribution in [2.45, 2.75) is 33.2 Å². The molecule has 1 unspecified atom stereocenters. The highest BCUT2D eigenvalue weighted by Gasteiger charge is 2.27. The lowest BCUT2D eigenvalue weighted by Crippen LogP contribution is -2.40. The molecule has 8 nitrogen and oxygen atoms in total. The molecule has 178 valence electrons. The van der Waals surface area contributed by atoms with Crippen LogP contribution < -0.4 is 5.32 Å². The summed E-state index contributed by atoms with van der Waals surface area (Å²) in [6.45, 7) is 5.96. The Morgan fingerprint density at radius 3 is 2.76 bits per heavy atom. The van der Waals surface area contributed by atoms with Crippen LogP contribution in [0.1, 0.15) is 41.6 Å². The van der Waals surface area contributed by atoms with Crippen LogP contribution in [0.15, 0.2) is 47.0 Å². The Kier molecular flexibility index (Phi) is 7.59. The molecule has 0 bridgehead atoms. The van der Waals surface area contributed by atoms with Gasteiger partial charge in [0.05, 0.1) is 29.7 Å². The van der Waals surface area contributed by atoms with Gasteiger partial charge in [0, 0.05) is 17.8 Å². The van der Waals surface area contributed by atoms with Crippen molar-refractivity contribution in [1.82, 2.24) is 15.0 Å². The van der Waals surface area contributed by atoms with Gasteiger partial charge in [-0.25, -0.2) is 4.79 Å². The van der Waals surface area contributed by atoms with E-state index in [1.54, 1.807) is 25.1 Å². The average molecular weight is 483 g/mol. The molecule has 0 radical (unpaired) electrons. The third kappa shape index (κ3) is 5.81. The first kappa shape index (κ1) is 23.9. The van der Waals surface area contributed by atoms with Crippen LogP contribution in [-0.2, 0) is 16.1 Å². The minimum absolute atomic E-state index is 0.0875. The molecule has 1 aliphatic heterocycles. The normalized spacial score (nSPS) is 16.3. The number of halogens is 1. The first-order valence-electron chi connectivity index (χ1n) is 11.3. The standard InChI is InChI=1S/C25H27ClN4O4/c1-3-33-25(32)20-11-10-19(13-21(20)26)27-24(31)18-5-4-12-30(14-18)15-22-28-23(29-34-22)17-8-6-16(2)7-9-17/h6-11,13,18H,3-5,12,14-15H2,1-2H3,(H,27,31). The van der Waals surface area contributed by atoms with E-state index in [0.717, 1.165) is 24.9 Å². The molecule has 1 atom stereocenters. The summed E-state index contributed by atoms with van der Waals surface area (Å²) < 4.78 is 10.4. The topological polar surface area (TPSA) is 97.6 Å². The number of carbonyl (C=O) groups is 2. The molecule has 0 aliphatic carbocycles. The van der Waals surface area contributed by atoms with Crippen molar-refractivity contribution in [2.75, 3.05) is 25.0 Å². The van der Waals surface area contributed by atoms with Gasteiger partial charge in [-0.15, -0.1) is 0 Å². The molecule has 1 aromatic heterocycles. The van der Waals surface area contributed by atoms with E-state index >= 15 is 0 Å². The third-order valence-electron chi connectivity index (χ3n) is 5.74.